The highest BCUT2D eigenvalue weighted by Gasteiger charge is 2.42. The summed E-state index contributed by atoms with van der Waals surface area (Å²) in [7, 11) is 0. The number of Topliss-reactive ketones (excluding diaryl/α,β-unsaturated/α-hetero) is 1. The zero-order valence-corrected chi connectivity index (χ0v) is 19.5. The molecule has 0 fully saturated rings. The molecule has 172 valence electrons. The molecule has 5 heteroatoms. The molecule has 1 N–H and O–H groups in total. The summed E-state index contributed by atoms with van der Waals surface area (Å²) in [6.07, 6.45) is 1.99. The molecule has 0 aromatic heterocycles. The summed E-state index contributed by atoms with van der Waals surface area (Å²) >= 11 is 0. The van der Waals surface area contributed by atoms with Gasteiger partial charge in [-0.2, -0.15) is 0 Å². The lowest BCUT2D eigenvalue weighted by Crippen LogP contribution is -2.36. The fourth-order valence-electron chi connectivity index (χ4n) is 4.85. The van der Waals surface area contributed by atoms with E-state index in [0.717, 1.165) is 28.9 Å². The Morgan fingerprint density at radius 3 is 2.48 bits per heavy atom. The predicted octanol–water partition coefficient (Wildman–Crippen LogP) is 5.40. The number of ketones is 1. The zero-order chi connectivity index (χ0) is 23.4. The van der Waals surface area contributed by atoms with Crippen LogP contribution in [0.2, 0.25) is 0 Å². The van der Waals surface area contributed by atoms with E-state index in [9.17, 15) is 9.59 Å². The molecule has 0 bridgehead atoms. The Kier molecular flexibility index (Phi) is 6.97. The molecule has 2 atom stereocenters. The maximum atomic E-state index is 13.6. The van der Waals surface area contributed by atoms with Gasteiger partial charge < -0.3 is 14.8 Å². The van der Waals surface area contributed by atoms with E-state index in [4.69, 9.17) is 9.47 Å². The molecular weight excluding hydrogens is 414 g/mol. The van der Waals surface area contributed by atoms with Gasteiger partial charge in [-0.15, -0.1) is 0 Å². The second kappa shape index (κ2) is 10.1. The Bertz CT molecular complexity index is 1100. The Labute approximate surface area is 195 Å². The molecule has 0 spiro atoms. The summed E-state index contributed by atoms with van der Waals surface area (Å²) < 4.78 is 11.5. The number of esters is 1. The van der Waals surface area contributed by atoms with Crippen LogP contribution >= 0.6 is 0 Å². The van der Waals surface area contributed by atoms with Crippen LogP contribution in [0.15, 0.2) is 77.1 Å². The van der Waals surface area contributed by atoms with Crippen molar-refractivity contribution in [1.29, 1.82) is 0 Å². The van der Waals surface area contributed by atoms with Gasteiger partial charge in [-0.1, -0.05) is 55.5 Å². The maximum absolute atomic E-state index is 13.6. The summed E-state index contributed by atoms with van der Waals surface area (Å²) in [6, 6.07) is 17.8. The average molecular weight is 446 g/mol. The molecular formula is C28H31NO4. The van der Waals surface area contributed by atoms with Gasteiger partial charge in [0.25, 0.3) is 0 Å². The molecule has 0 radical (unpaired) electrons. The summed E-state index contributed by atoms with van der Waals surface area (Å²) in [6.45, 7) is 6.56. The largest absolute Gasteiger partial charge is 0.493 e. The molecule has 1 heterocycles. The number of nitrogens with one attached hydrogen (secondary N) is 1. The minimum atomic E-state index is -0.516. The van der Waals surface area contributed by atoms with Gasteiger partial charge in [-0.3, -0.25) is 4.79 Å². The first kappa shape index (κ1) is 22.8. The molecule has 2 aliphatic rings. The van der Waals surface area contributed by atoms with Crippen LogP contribution in [-0.2, 0) is 14.3 Å². The second-order valence-corrected chi connectivity index (χ2v) is 8.53. The monoisotopic (exact) mass is 445 g/mol. The zero-order valence-electron chi connectivity index (χ0n) is 19.5. The van der Waals surface area contributed by atoms with Crippen LogP contribution in [0.5, 0.6) is 5.75 Å². The summed E-state index contributed by atoms with van der Waals surface area (Å²) in [4.78, 5) is 26.7. The number of ether oxygens (including phenoxy) is 2. The van der Waals surface area contributed by atoms with E-state index in [2.05, 4.69) is 24.4 Å². The highest BCUT2D eigenvalue weighted by molar-refractivity contribution is 6.04. The number of rotatable bonds is 7. The SMILES string of the molecule is CCCOc1ccccc1[C@@H]1C(C(=O)OCC)=C(C)NC2=C1C(=O)C[C@H](c1ccccc1)C2. The molecule has 1 aliphatic carbocycles. The van der Waals surface area contributed by atoms with E-state index >= 15 is 0 Å². The van der Waals surface area contributed by atoms with E-state index in [1.165, 1.54) is 0 Å². The first-order valence-corrected chi connectivity index (χ1v) is 11.7. The van der Waals surface area contributed by atoms with E-state index < -0.39 is 11.9 Å². The van der Waals surface area contributed by atoms with Crippen molar-refractivity contribution in [2.75, 3.05) is 13.2 Å². The lowest BCUT2D eigenvalue weighted by molar-refractivity contribution is -0.138. The van der Waals surface area contributed by atoms with Crippen LogP contribution in [0.25, 0.3) is 0 Å². The Balaban J connectivity index is 1.82. The number of carbonyl (C=O) groups excluding carboxylic acids is 2. The molecule has 5 nitrogen and oxygen atoms in total. The third-order valence-electron chi connectivity index (χ3n) is 6.29. The van der Waals surface area contributed by atoms with Crippen LogP contribution in [0.4, 0.5) is 0 Å². The van der Waals surface area contributed by atoms with Crippen LogP contribution in [0, 0.1) is 0 Å². The minimum absolute atomic E-state index is 0.0576. The predicted molar refractivity (Wildman–Crippen MR) is 128 cm³/mol. The molecule has 0 saturated carbocycles. The summed E-state index contributed by atoms with van der Waals surface area (Å²) in [5, 5.41) is 3.40. The summed E-state index contributed by atoms with van der Waals surface area (Å²) in [5.41, 5.74) is 4.73. The minimum Gasteiger partial charge on any atom is -0.493 e. The van der Waals surface area contributed by atoms with Crippen molar-refractivity contribution >= 4 is 11.8 Å². The van der Waals surface area contributed by atoms with E-state index in [1.807, 2.05) is 49.4 Å². The number of hydrogen-bond donors (Lipinski definition) is 1. The Hall–Kier alpha value is -3.34. The van der Waals surface area contributed by atoms with Gasteiger partial charge >= 0.3 is 5.97 Å². The van der Waals surface area contributed by atoms with Crippen molar-refractivity contribution < 1.29 is 19.1 Å². The standard InChI is InChI=1S/C28H31NO4/c1-4-15-33-24-14-10-9-13-21(24)26-25(28(31)32-5-2)18(3)29-22-16-20(17-23(30)27(22)26)19-11-7-6-8-12-19/h6-14,20,26,29H,4-5,15-17H2,1-3H3/t20-,26-/m1/s1. The molecule has 33 heavy (non-hydrogen) atoms. The number of carbonyl (C=O) groups is 2. The second-order valence-electron chi connectivity index (χ2n) is 8.53. The van der Waals surface area contributed by atoms with Crippen LogP contribution < -0.4 is 10.1 Å². The highest BCUT2D eigenvalue weighted by Crippen LogP contribution is 2.47. The van der Waals surface area contributed by atoms with Crippen molar-refractivity contribution in [3.63, 3.8) is 0 Å². The van der Waals surface area contributed by atoms with Crippen LogP contribution in [0.1, 0.15) is 63.0 Å². The van der Waals surface area contributed by atoms with Crippen molar-refractivity contribution in [3.8, 4) is 5.75 Å². The van der Waals surface area contributed by atoms with E-state index in [1.54, 1.807) is 6.92 Å². The average Bonchev–Trinajstić information content (AvgIpc) is 2.82. The molecule has 0 amide bonds. The Morgan fingerprint density at radius 2 is 1.76 bits per heavy atom. The highest BCUT2D eigenvalue weighted by atomic mass is 16.5. The first-order valence-electron chi connectivity index (χ1n) is 11.7. The van der Waals surface area contributed by atoms with Gasteiger partial charge in [0.05, 0.1) is 24.7 Å². The normalized spacial score (nSPS) is 20.3. The van der Waals surface area contributed by atoms with Gasteiger partial charge in [0.15, 0.2) is 5.78 Å². The lowest BCUT2D eigenvalue weighted by atomic mass is 9.71. The van der Waals surface area contributed by atoms with Crippen LogP contribution in [-0.4, -0.2) is 25.0 Å². The number of benzene rings is 2. The maximum Gasteiger partial charge on any atom is 0.336 e. The van der Waals surface area contributed by atoms with Gasteiger partial charge in [0, 0.05) is 29.0 Å². The van der Waals surface area contributed by atoms with Gasteiger partial charge in [0.2, 0.25) is 0 Å². The van der Waals surface area contributed by atoms with Crippen molar-refractivity contribution in [1.82, 2.24) is 5.32 Å². The lowest BCUT2D eigenvalue weighted by Gasteiger charge is -2.37. The van der Waals surface area contributed by atoms with Gasteiger partial charge in [0.1, 0.15) is 5.75 Å². The first-order chi connectivity index (χ1) is 16.0. The van der Waals surface area contributed by atoms with Crippen molar-refractivity contribution in [2.45, 2.75) is 51.9 Å². The number of dihydropyridines is 1. The molecule has 4 rings (SSSR count). The van der Waals surface area contributed by atoms with Gasteiger partial charge in [-0.25, -0.2) is 4.79 Å². The summed E-state index contributed by atoms with van der Waals surface area (Å²) in [5.74, 6) is -0.0538. The van der Waals surface area contributed by atoms with Crippen molar-refractivity contribution in [2.24, 2.45) is 0 Å². The smallest absolute Gasteiger partial charge is 0.336 e. The topological polar surface area (TPSA) is 64.6 Å². The fraction of sp³-hybridized carbons (Fsp3) is 0.357. The molecule has 2 aromatic carbocycles. The molecule has 1 aliphatic heterocycles. The Morgan fingerprint density at radius 1 is 1.03 bits per heavy atom. The number of allylic oxidation sites excluding steroid dienone is 3. The quantitative estimate of drug-likeness (QED) is 0.578. The van der Waals surface area contributed by atoms with Crippen molar-refractivity contribution in [3.05, 3.63) is 88.3 Å². The molecule has 0 saturated heterocycles. The molecule has 0 unspecified atom stereocenters. The van der Waals surface area contributed by atoms with E-state index in [-0.39, 0.29) is 18.3 Å². The van der Waals surface area contributed by atoms with Crippen LogP contribution in [0.3, 0.4) is 0 Å². The van der Waals surface area contributed by atoms with Gasteiger partial charge in [-0.05, 0) is 44.2 Å². The third-order valence-corrected chi connectivity index (χ3v) is 6.29. The fourth-order valence-corrected chi connectivity index (χ4v) is 4.85. The van der Waals surface area contributed by atoms with E-state index in [0.29, 0.717) is 36.3 Å². The number of para-hydroxylation sites is 1. The molecule has 2 aromatic rings. The third kappa shape index (κ3) is 4.58. The number of hydrogen-bond acceptors (Lipinski definition) is 5.